The Kier molecular flexibility index (Phi) is 5.33. The maximum atomic E-state index is 12.7. The Balaban J connectivity index is 1.63. The molecule has 1 atom stereocenters. The molecule has 10 heteroatoms. The smallest absolute Gasteiger partial charge is 0.410 e. The van der Waals surface area contributed by atoms with Gasteiger partial charge in [0.2, 0.25) is 5.91 Å². The summed E-state index contributed by atoms with van der Waals surface area (Å²) in [6, 6.07) is 8.14. The molecule has 2 heterocycles. The highest BCUT2D eigenvalue weighted by atomic mass is 32.2. The van der Waals surface area contributed by atoms with Crippen molar-refractivity contribution in [3.63, 3.8) is 0 Å². The molecule has 0 saturated heterocycles. The maximum absolute atomic E-state index is 12.7. The second-order valence-corrected chi connectivity index (χ2v) is 7.42. The lowest BCUT2D eigenvalue weighted by Crippen LogP contribution is -2.22. The number of nitrogens with one attached hydrogen (secondary N) is 1. The van der Waals surface area contributed by atoms with Crippen LogP contribution < -0.4 is 5.32 Å². The standard InChI is InChI=1S/C16H12F3N3O2S2/c1-9(26-15-22-21-14(24-15)12-6-3-7-25-12)13(23)20-11-5-2-4-10(8-11)16(17,18)19/h2-9H,1H3,(H,20,23)/t9-/m0/s1. The predicted molar refractivity (Wildman–Crippen MR) is 93.0 cm³/mol. The minimum Gasteiger partial charge on any atom is -0.410 e. The third-order valence-electron chi connectivity index (χ3n) is 3.24. The molecule has 5 nitrogen and oxygen atoms in total. The first-order valence-corrected chi connectivity index (χ1v) is 9.11. The van der Waals surface area contributed by atoms with Crippen molar-refractivity contribution in [2.24, 2.45) is 0 Å². The van der Waals surface area contributed by atoms with Crippen molar-refractivity contribution in [3.8, 4) is 10.8 Å². The molecular formula is C16H12F3N3O2S2. The number of thioether (sulfide) groups is 1. The van der Waals surface area contributed by atoms with Crippen LogP contribution in [0.4, 0.5) is 18.9 Å². The highest BCUT2D eigenvalue weighted by Gasteiger charge is 2.30. The molecule has 1 N–H and O–H groups in total. The minimum atomic E-state index is -4.47. The molecule has 3 rings (SSSR count). The summed E-state index contributed by atoms with van der Waals surface area (Å²) in [6.45, 7) is 1.60. The Bertz CT molecular complexity index is 894. The summed E-state index contributed by atoms with van der Waals surface area (Å²) in [5.74, 6) is -0.113. The van der Waals surface area contributed by atoms with E-state index >= 15 is 0 Å². The molecule has 0 radical (unpaired) electrons. The normalized spacial score (nSPS) is 12.8. The van der Waals surface area contributed by atoms with E-state index in [4.69, 9.17) is 4.42 Å². The number of rotatable bonds is 5. The van der Waals surface area contributed by atoms with Gasteiger partial charge in [0.25, 0.3) is 11.1 Å². The lowest BCUT2D eigenvalue weighted by molar-refractivity contribution is -0.137. The van der Waals surface area contributed by atoms with Gasteiger partial charge in [0.15, 0.2) is 0 Å². The Morgan fingerprint density at radius 3 is 2.77 bits per heavy atom. The Morgan fingerprint density at radius 1 is 1.27 bits per heavy atom. The van der Waals surface area contributed by atoms with Crippen LogP contribution in [0.15, 0.2) is 51.4 Å². The van der Waals surface area contributed by atoms with E-state index in [0.717, 1.165) is 28.8 Å². The lowest BCUT2D eigenvalue weighted by atomic mass is 10.2. The SMILES string of the molecule is C[C@H](Sc1nnc(-c2cccs2)o1)C(=O)Nc1cccc(C(F)(F)F)c1. The van der Waals surface area contributed by atoms with E-state index in [1.807, 2.05) is 17.5 Å². The molecule has 0 unspecified atom stereocenters. The Morgan fingerprint density at radius 2 is 2.08 bits per heavy atom. The van der Waals surface area contributed by atoms with Crippen molar-refractivity contribution in [3.05, 3.63) is 47.3 Å². The average Bonchev–Trinajstić information content (AvgIpc) is 3.25. The third-order valence-corrected chi connectivity index (χ3v) is 5.03. The highest BCUT2D eigenvalue weighted by Crippen LogP contribution is 2.31. The molecule has 2 aromatic heterocycles. The van der Waals surface area contributed by atoms with Crippen molar-refractivity contribution >= 4 is 34.7 Å². The van der Waals surface area contributed by atoms with E-state index in [-0.39, 0.29) is 10.9 Å². The Hall–Kier alpha value is -2.33. The average molecular weight is 399 g/mol. The number of nitrogens with zero attached hydrogens (tertiary/aromatic N) is 2. The first-order chi connectivity index (χ1) is 12.3. The zero-order valence-electron chi connectivity index (χ0n) is 13.3. The summed E-state index contributed by atoms with van der Waals surface area (Å²) in [6.07, 6.45) is -4.47. The minimum absolute atomic E-state index is 0.0714. The van der Waals surface area contributed by atoms with Gasteiger partial charge in [-0.1, -0.05) is 23.9 Å². The summed E-state index contributed by atoms with van der Waals surface area (Å²) < 4.78 is 43.7. The van der Waals surface area contributed by atoms with E-state index < -0.39 is 22.9 Å². The fraction of sp³-hybridized carbons (Fsp3) is 0.188. The van der Waals surface area contributed by atoms with Crippen molar-refractivity contribution in [1.29, 1.82) is 0 Å². The van der Waals surface area contributed by atoms with Gasteiger partial charge in [-0.3, -0.25) is 4.79 Å². The van der Waals surface area contributed by atoms with Crippen LogP contribution in [-0.2, 0) is 11.0 Å². The third kappa shape index (κ3) is 4.44. The molecule has 0 aliphatic carbocycles. The largest absolute Gasteiger partial charge is 0.416 e. The summed E-state index contributed by atoms with van der Waals surface area (Å²) in [4.78, 5) is 13.0. The van der Waals surface area contributed by atoms with Crippen LogP contribution in [0, 0.1) is 0 Å². The van der Waals surface area contributed by atoms with Gasteiger partial charge < -0.3 is 9.73 Å². The van der Waals surface area contributed by atoms with Crippen molar-refractivity contribution in [2.45, 2.75) is 23.6 Å². The topological polar surface area (TPSA) is 68.0 Å². The number of alkyl halides is 3. The molecule has 0 spiro atoms. The number of carbonyl (C=O) groups excluding carboxylic acids is 1. The number of hydrogen-bond donors (Lipinski definition) is 1. The van der Waals surface area contributed by atoms with Gasteiger partial charge in [-0.2, -0.15) is 13.2 Å². The van der Waals surface area contributed by atoms with Gasteiger partial charge in [0.1, 0.15) is 0 Å². The number of carbonyl (C=O) groups is 1. The first kappa shape index (κ1) is 18.5. The molecule has 0 aliphatic heterocycles. The maximum Gasteiger partial charge on any atom is 0.416 e. The van der Waals surface area contributed by atoms with Crippen LogP contribution in [-0.4, -0.2) is 21.4 Å². The molecular weight excluding hydrogens is 387 g/mol. The van der Waals surface area contributed by atoms with Gasteiger partial charge in [0, 0.05) is 5.69 Å². The van der Waals surface area contributed by atoms with E-state index in [1.54, 1.807) is 6.92 Å². The van der Waals surface area contributed by atoms with Crippen LogP contribution in [0.3, 0.4) is 0 Å². The van der Waals surface area contributed by atoms with Crippen LogP contribution in [0.25, 0.3) is 10.8 Å². The van der Waals surface area contributed by atoms with E-state index in [9.17, 15) is 18.0 Å². The highest BCUT2D eigenvalue weighted by molar-refractivity contribution is 8.00. The summed E-state index contributed by atoms with van der Waals surface area (Å²) in [5.41, 5.74) is -0.754. The molecule has 136 valence electrons. The monoisotopic (exact) mass is 399 g/mol. The fourth-order valence-corrected chi connectivity index (χ4v) is 3.31. The number of anilines is 1. The summed E-state index contributed by atoms with van der Waals surface area (Å²) in [7, 11) is 0. The summed E-state index contributed by atoms with van der Waals surface area (Å²) in [5, 5.41) is 11.7. The second kappa shape index (κ2) is 7.50. The molecule has 0 saturated carbocycles. The van der Waals surface area contributed by atoms with Gasteiger partial charge in [-0.25, -0.2) is 0 Å². The van der Waals surface area contributed by atoms with Crippen molar-refractivity contribution in [1.82, 2.24) is 10.2 Å². The number of benzene rings is 1. The van der Waals surface area contributed by atoms with Crippen LogP contribution in [0.2, 0.25) is 0 Å². The molecule has 0 fully saturated rings. The van der Waals surface area contributed by atoms with Gasteiger partial charge in [-0.15, -0.1) is 21.5 Å². The predicted octanol–water partition coefficient (Wildman–Crippen LogP) is 4.94. The first-order valence-electron chi connectivity index (χ1n) is 7.35. The summed E-state index contributed by atoms with van der Waals surface area (Å²) >= 11 is 2.47. The molecule has 0 bridgehead atoms. The molecule has 1 amide bonds. The number of halogens is 3. The zero-order chi connectivity index (χ0) is 18.7. The number of amides is 1. The van der Waals surface area contributed by atoms with Crippen molar-refractivity contribution < 1.29 is 22.4 Å². The van der Waals surface area contributed by atoms with E-state index in [2.05, 4.69) is 15.5 Å². The van der Waals surface area contributed by atoms with Crippen molar-refractivity contribution in [2.75, 3.05) is 5.32 Å². The molecule has 3 aromatic rings. The van der Waals surface area contributed by atoms with Gasteiger partial charge in [-0.05, 0) is 36.6 Å². The molecule has 26 heavy (non-hydrogen) atoms. The van der Waals surface area contributed by atoms with Crippen LogP contribution >= 0.6 is 23.1 Å². The van der Waals surface area contributed by atoms with E-state index in [1.165, 1.54) is 23.5 Å². The van der Waals surface area contributed by atoms with Crippen LogP contribution in [0.5, 0.6) is 0 Å². The quantitative estimate of drug-likeness (QED) is 0.616. The molecule has 0 aliphatic rings. The second-order valence-electron chi connectivity index (χ2n) is 5.18. The Labute approximate surface area is 154 Å². The lowest BCUT2D eigenvalue weighted by Gasteiger charge is -2.12. The van der Waals surface area contributed by atoms with E-state index in [0.29, 0.717) is 5.89 Å². The number of thiophene rings is 1. The van der Waals surface area contributed by atoms with Crippen LogP contribution in [0.1, 0.15) is 12.5 Å². The number of hydrogen-bond acceptors (Lipinski definition) is 6. The molecule has 1 aromatic carbocycles. The van der Waals surface area contributed by atoms with Gasteiger partial charge in [0.05, 0.1) is 15.7 Å². The fourth-order valence-electron chi connectivity index (χ4n) is 1.98. The number of aromatic nitrogens is 2. The van der Waals surface area contributed by atoms with Gasteiger partial charge >= 0.3 is 6.18 Å². The zero-order valence-corrected chi connectivity index (χ0v) is 14.9.